The molecule has 100 valence electrons. The van der Waals surface area contributed by atoms with E-state index in [1.165, 1.54) is 5.56 Å². The molecule has 0 spiro atoms. The van der Waals surface area contributed by atoms with Crippen LogP contribution >= 0.6 is 0 Å². The van der Waals surface area contributed by atoms with Gasteiger partial charge in [0.2, 0.25) is 0 Å². The molecule has 2 aromatic rings. The summed E-state index contributed by atoms with van der Waals surface area (Å²) in [5.41, 5.74) is 1.90. The number of nitrogens with zero attached hydrogens (tertiary/aromatic N) is 1. The molecule has 3 nitrogen and oxygen atoms in total. The molecule has 0 fully saturated rings. The van der Waals surface area contributed by atoms with Gasteiger partial charge in [0.1, 0.15) is 5.69 Å². The molecular weight excluding hydrogens is 236 g/mol. The van der Waals surface area contributed by atoms with E-state index in [0.29, 0.717) is 18.2 Å². The number of benzene rings is 1. The van der Waals surface area contributed by atoms with Crippen molar-refractivity contribution in [3.8, 4) is 0 Å². The molecule has 2 rings (SSSR count). The molecule has 1 aromatic heterocycles. The topological polar surface area (TPSA) is 34.0 Å². The minimum absolute atomic E-state index is 0.00497. The normalized spacial score (nSPS) is 10.7. The van der Waals surface area contributed by atoms with Gasteiger partial charge in [0, 0.05) is 19.3 Å². The Balaban J connectivity index is 2.07. The fourth-order valence-electron chi connectivity index (χ4n) is 1.93. The van der Waals surface area contributed by atoms with Gasteiger partial charge >= 0.3 is 0 Å². The van der Waals surface area contributed by atoms with Crippen LogP contribution in [0.5, 0.6) is 0 Å². The summed E-state index contributed by atoms with van der Waals surface area (Å²) < 4.78 is 1.98. The summed E-state index contributed by atoms with van der Waals surface area (Å²) in [5, 5.41) is 2.95. The Kier molecular flexibility index (Phi) is 4.39. The first-order valence-electron chi connectivity index (χ1n) is 6.64. The van der Waals surface area contributed by atoms with E-state index in [9.17, 15) is 4.79 Å². The first kappa shape index (κ1) is 13.4. The van der Waals surface area contributed by atoms with Crippen LogP contribution in [0.1, 0.15) is 29.9 Å². The zero-order valence-corrected chi connectivity index (χ0v) is 11.5. The summed E-state index contributed by atoms with van der Waals surface area (Å²) in [5.74, 6) is 0.455. The summed E-state index contributed by atoms with van der Waals surface area (Å²) in [6.45, 7) is 5.60. The second-order valence-corrected chi connectivity index (χ2v) is 5.11. The molecule has 1 aromatic carbocycles. The summed E-state index contributed by atoms with van der Waals surface area (Å²) in [4.78, 5) is 12.1. The van der Waals surface area contributed by atoms with E-state index in [1.807, 2.05) is 41.1 Å². The lowest BCUT2D eigenvalue weighted by Crippen LogP contribution is -2.29. The molecule has 0 saturated carbocycles. The predicted molar refractivity (Wildman–Crippen MR) is 77.1 cm³/mol. The van der Waals surface area contributed by atoms with E-state index >= 15 is 0 Å². The molecule has 3 heteroatoms. The van der Waals surface area contributed by atoms with Crippen LogP contribution in [-0.4, -0.2) is 17.0 Å². The Hall–Kier alpha value is -2.03. The van der Waals surface area contributed by atoms with Crippen LogP contribution in [0.15, 0.2) is 48.7 Å². The van der Waals surface area contributed by atoms with E-state index in [0.717, 1.165) is 6.54 Å². The highest BCUT2D eigenvalue weighted by Crippen LogP contribution is 2.08. The second kappa shape index (κ2) is 6.23. The lowest BCUT2D eigenvalue weighted by molar-refractivity contribution is 0.0940. The third kappa shape index (κ3) is 3.71. The molecule has 0 saturated heterocycles. The zero-order valence-electron chi connectivity index (χ0n) is 11.5. The van der Waals surface area contributed by atoms with Crippen molar-refractivity contribution in [1.82, 2.24) is 9.88 Å². The SMILES string of the molecule is CC(C)CNC(=O)c1cccn1Cc1ccccc1. The highest BCUT2D eigenvalue weighted by molar-refractivity contribution is 5.92. The first-order valence-corrected chi connectivity index (χ1v) is 6.64. The Bertz CT molecular complexity index is 529. The van der Waals surface area contributed by atoms with Crippen LogP contribution in [0.3, 0.4) is 0 Å². The molecule has 1 heterocycles. The fraction of sp³-hybridized carbons (Fsp3) is 0.312. The van der Waals surface area contributed by atoms with Gasteiger partial charge in [-0.3, -0.25) is 4.79 Å². The van der Waals surface area contributed by atoms with Crippen LogP contribution in [0.25, 0.3) is 0 Å². The van der Waals surface area contributed by atoms with Crippen molar-refractivity contribution < 1.29 is 4.79 Å². The third-order valence-electron chi connectivity index (χ3n) is 2.93. The van der Waals surface area contributed by atoms with E-state index in [2.05, 4.69) is 31.3 Å². The van der Waals surface area contributed by atoms with Crippen LogP contribution in [0, 0.1) is 5.92 Å². The number of hydrogen-bond donors (Lipinski definition) is 1. The highest BCUT2D eigenvalue weighted by atomic mass is 16.1. The van der Waals surface area contributed by atoms with Gasteiger partial charge in [-0.25, -0.2) is 0 Å². The molecule has 0 radical (unpaired) electrons. The van der Waals surface area contributed by atoms with Gasteiger partial charge in [0.25, 0.3) is 5.91 Å². The number of rotatable bonds is 5. The third-order valence-corrected chi connectivity index (χ3v) is 2.93. The summed E-state index contributed by atoms with van der Waals surface area (Å²) in [7, 11) is 0. The van der Waals surface area contributed by atoms with Crippen LogP contribution in [-0.2, 0) is 6.54 Å². The Morgan fingerprint density at radius 1 is 1.16 bits per heavy atom. The summed E-state index contributed by atoms with van der Waals surface area (Å²) >= 11 is 0. The van der Waals surface area contributed by atoms with Crippen LogP contribution < -0.4 is 5.32 Å². The average Bonchev–Trinajstić information content (AvgIpc) is 2.85. The van der Waals surface area contributed by atoms with Crippen molar-refractivity contribution in [3.63, 3.8) is 0 Å². The van der Waals surface area contributed by atoms with Crippen LogP contribution in [0.2, 0.25) is 0 Å². The number of nitrogens with one attached hydrogen (secondary N) is 1. The summed E-state index contributed by atoms with van der Waals surface area (Å²) in [6, 6.07) is 13.9. The molecule has 0 aliphatic heterocycles. The molecule has 1 amide bonds. The lowest BCUT2D eigenvalue weighted by atomic mass is 10.2. The lowest BCUT2D eigenvalue weighted by Gasteiger charge is -2.11. The van der Waals surface area contributed by atoms with Gasteiger partial charge < -0.3 is 9.88 Å². The largest absolute Gasteiger partial charge is 0.351 e. The second-order valence-electron chi connectivity index (χ2n) is 5.11. The van der Waals surface area contributed by atoms with E-state index in [1.54, 1.807) is 0 Å². The van der Waals surface area contributed by atoms with Gasteiger partial charge in [0.15, 0.2) is 0 Å². The van der Waals surface area contributed by atoms with Crippen LogP contribution in [0.4, 0.5) is 0 Å². The molecule has 0 bridgehead atoms. The molecule has 1 N–H and O–H groups in total. The minimum Gasteiger partial charge on any atom is -0.351 e. The Labute approximate surface area is 114 Å². The maximum absolute atomic E-state index is 12.1. The number of hydrogen-bond acceptors (Lipinski definition) is 1. The van der Waals surface area contributed by atoms with Gasteiger partial charge in [-0.15, -0.1) is 0 Å². The molecule has 0 atom stereocenters. The predicted octanol–water partition coefficient (Wildman–Crippen LogP) is 2.92. The van der Waals surface area contributed by atoms with Gasteiger partial charge in [-0.1, -0.05) is 44.2 Å². The quantitative estimate of drug-likeness (QED) is 0.877. The summed E-state index contributed by atoms with van der Waals surface area (Å²) in [6.07, 6.45) is 1.94. The van der Waals surface area contributed by atoms with Gasteiger partial charge in [0.05, 0.1) is 0 Å². The molecular formula is C16H20N2O. The standard InChI is InChI=1S/C16H20N2O/c1-13(2)11-17-16(19)15-9-6-10-18(15)12-14-7-4-3-5-8-14/h3-10,13H,11-12H2,1-2H3,(H,17,19). The van der Waals surface area contributed by atoms with E-state index < -0.39 is 0 Å². The van der Waals surface area contributed by atoms with E-state index in [4.69, 9.17) is 0 Å². The van der Waals surface area contributed by atoms with Crippen molar-refractivity contribution in [1.29, 1.82) is 0 Å². The fourth-order valence-corrected chi connectivity index (χ4v) is 1.93. The monoisotopic (exact) mass is 256 g/mol. The van der Waals surface area contributed by atoms with Gasteiger partial charge in [-0.05, 0) is 23.6 Å². The maximum Gasteiger partial charge on any atom is 0.267 e. The smallest absolute Gasteiger partial charge is 0.267 e. The maximum atomic E-state index is 12.1. The molecule has 0 aliphatic rings. The van der Waals surface area contributed by atoms with Crippen molar-refractivity contribution in [2.75, 3.05) is 6.54 Å². The number of amides is 1. The molecule has 0 aliphatic carbocycles. The zero-order chi connectivity index (χ0) is 13.7. The number of carbonyl (C=O) groups is 1. The number of carbonyl (C=O) groups excluding carboxylic acids is 1. The number of aromatic nitrogens is 1. The van der Waals surface area contributed by atoms with Crippen molar-refractivity contribution in [2.24, 2.45) is 5.92 Å². The average molecular weight is 256 g/mol. The highest BCUT2D eigenvalue weighted by Gasteiger charge is 2.10. The minimum atomic E-state index is -0.00497. The first-order chi connectivity index (χ1) is 9.16. The van der Waals surface area contributed by atoms with Crippen molar-refractivity contribution in [3.05, 3.63) is 59.9 Å². The Morgan fingerprint density at radius 3 is 2.58 bits per heavy atom. The van der Waals surface area contributed by atoms with Crippen molar-refractivity contribution >= 4 is 5.91 Å². The van der Waals surface area contributed by atoms with E-state index in [-0.39, 0.29) is 5.91 Å². The van der Waals surface area contributed by atoms with Crippen molar-refractivity contribution in [2.45, 2.75) is 20.4 Å². The molecule has 0 unspecified atom stereocenters. The Morgan fingerprint density at radius 2 is 1.89 bits per heavy atom. The molecule has 19 heavy (non-hydrogen) atoms. The van der Waals surface area contributed by atoms with Gasteiger partial charge in [-0.2, -0.15) is 0 Å².